The number of aryl methyl sites for hydroxylation is 1. The molecule has 6 heteroatoms. The van der Waals surface area contributed by atoms with Gasteiger partial charge in [-0.15, -0.1) is 0 Å². The normalized spacial score (nSPS) is 11.8. The van der Waals surface area contributed by atoms with E-state index in [2.05, 4.69) is 4.99 Å². The van der Waals surface area contributed by atoms with E-state index in [-0.39, 0.29) is 12.5 Å². The Balaban J connectivity index is 1.65. The molecule has 0 fully saturated rings. The van der Waals surface area contributed by atoms with Gasteiger partial charge in [-0.25, -0.2) is 0 Å². The van der Waals surface area contributed by atoms with E-state index in [1.807, 2.05) is 60.1 Å². The number of hydrogen-bond donors (Lipinski definition) is 0. The van der Waals surface area contributed by atoms with Gasteiger partial charge in [0.2, 0.25) is 0 Å². The third-order valence-corrected chi connectivity index (χ3v) is 4.68. The molecule has 0 atom stereocenters. The zero-order valence-corrected chi connectivity index (χ0v) is 14.4. The molecule has 124 valence electrons. The molecule has 0 spiro atoms. The van der Waals surface area contributed by atoms with Crippen molar-refractivity contribution >= 4 is 27.5 Å². The van der Waals surface area contributed by atoms with Crippen LogP contribution in [0.2, 0.25) is 0 Å². The van der Waals surface area contributed by atoms with E-state index in [1.165, 1.54) is 11.3 Å². The highest BCUT2D eigenvalue weighted by Gasteiger charge is 2.05. The first-order valence-electron chi connectivity index (χ1n) is 7.50. The van der Waals surface area contributed by atoms with E-state index >= 15 is 0 Å². The molecule has 2 aromatic carbocycles. The summed E-state index contributed by atoms with van der Waals surface area (Å²) in [7, 11) is 3.52. The largest absolute Gasteiger partial charge is 0.497 e. The molecule has 1 aromatic heterocycles. The number of hydrogen-bond acceptors (Lipinski definition) is 4. The van der Waals surface area contributed by atoms with Crippen molar-refractivity contribution in [3.05, 3.63) is 58.9 Å². The smallest absolute Gasteiger partial charge is 0.274 e. The summed E-state index contributed by atoms with van der Waals surface area (Å²) in [5.74, 6) is 0.476. The second-order valence-corrected chi connectivity index (χ2v) is 6.27. The molecule has 0 saturated carbocycles. The summed E-state index contributed by atoms with van der Waals surface area (Å²) < 4.78 is 13.6. The van der Waals surface area contributed by atoms with Crippen molar-refractivity contribution in [1.29, 1.82) is 0 Å². The molecule has 0 radical (unpaired) electrons. The number of amides is 1. The van der Waals surface area contributed by atoms with Crippen LogP contribution in [-0.4, -0.2) is 24.2 Å². The van der Waals surface area contributed by atoms with E-state index in [4.69, 9.17) is 9.47 Å². The van der Waals surface area contributed by atoms with Gasteiger partial charge in [-0.1, -0.05) is 35.6 Å². The average molecular weight is 342 g/mol. The number of rotatable bonds is 5. The predicted molar refractivity (Wildman–Crippen MR) is 94.0 cm³/mol. The van der Waals surface area contributed by atoms with Crippen LogP contribution in [0.25, 0.3) is 10.2 Å². The van der Waals surface area contributed by atoms with Gasteiger partial charge in [0.1, 0.15) is 12.4 Å². The second kappa shape index (κ2) is 7.42. The number of nitrogens with zero attached hydrogens (tertiary/aromatic N) is 2. The minimum absolute atomic E-state index is 0.0501. The van der Waals surface area contributed by atoms with Crippen LogP contribution in [0.1, 0.15) is 5.56 Å². The number of para-hydroxylation sites is 1. The summed E-state index contributed by atoms with van der Waals surface area (Å²) in [6, 6.07) is 15.5. The molecular weight excluding hydrogens is 324 g/mol. The first kappa shape index (κ1) is 16.4. The fourth-order valence-corrected chi connectivity index (χ4v) is 3.38. The summed E-state index contributed by atoms with van der Waals surface area (Å²) in [5.41, 5.74) is 2.01. The van der Waals surface area contributed by atoms with Crippen molar-refractivity contribution in [3.63, 3.8) is 0 Å². The number of carbonyl (C=O) groups is 1. The minimum atomic E-state index is -0.292. The number of carbonyl (C=O) groups excluding carboxylic acids is 1. The van der Waals surface area contributed by atoms with E-state index in [0.717, 1.165) is 21.5 Å². The van der Waals surface area contributed by atoms with Crippen LogP contribution in [0, 0.1) is 0 Å². The fourth-order valence-electron chi connectivity index (χ4n) is 2.35. The lowest BCUT2D eigenvalue weighted by Gasteiger charge is -2.04. The molecule has 24 heavy (non-hydrogen) atoms. The number of fused-ring (bicyclic) bond motifs is 1. The third-order valence-electron chi connectivity index (χ3n) is 3.56. The maximum absolute atomic E-state index is 12.0. The Morgan fingerprint density at radius 1 is 1.21 bits per heavy atom. The molecule has 0 aliphatic rings. The van der Waals surface area contributed by atoms with Crippen LogP contribution in [0.15, 0.2) is 53.5 Å². The Bertz CT molecular complexity index is 927. The van der Waals surface area contributed by atoms with Gasteiger partial charge in [0.25, 0.3) is 5.91 Å². The monoisotopic (exact) mass is 342 g/mol. The number of thiazole rings is 1. The lowest BCUT2D eigenvalue weighted by Crippen LogP contribution is -2.16. The average Bonchev–Trinajstić information content (AvgIpc) is 2.91. The summed E-state index contributed by atoms with van der Waals surface area (Å²) in [4.78, 5) is 16.9. The van der Waals surface area contributed by atoms with Gasteiger partial charge in [0.15, 0.2) is 4.80 Å². The van der Waals surface area contributed by atoms with Crippen molar-refractivity contribution in [2.75, 3.05) is 13.7 Å². The maximum Gasteiger partial charge on any atom is 0.274 e. The summed E-state index contributed by atoms with van der Waals surface area (Å²) in [5, 5.41) is 0. The molecule has 0 aliphatic carbocycles. The quantitative estimate of drug-likeness (QED) is 0.716. The zero-order valence-electron chi connectivity index (χ0n) is 13.6. The van der Waals surface area contributed by atoms with Crippen molar-refractivity contribution in [2.45, 2.75) is 6.61 Å². The standard InChI is InChI=1S/C18H18N2O3S/c1-20-15-8-3-4-9-16(15)24-18(20)19-17(21)12-23-11-13-6-5-7-14(10-13)22-2/h3-10H,11-12H2,1-2H3. The summed E-state index contributed by atoms with van der Waals surface area (Å²) in [6.07, 6.45) is 0. The first-order chi connectivity index (χ1) is 11.7. The SMILES string of the molecule is COc1cccc(COCC(=O)N=c2sc3ccccc3n2C)c1. The molecule has 5 nitrogen and oxygen atoms in total. The summed E-state index contributed by atoms with van der Waals surface area (Å²) >= 11 is 1.49. The van der Waals surface area contributed by atoms with Crippen molar-refractivity contribution in [1.82, 2.24) is 4.57 Å². The van der Waals surface area contributed by atoms with E-state index in [1.54, 1.807) is 7.11 Å². The number of aromatic nitrogens is 1. The molecule has 1 amide bonds. The highest BCUT2D eigenvalue weighted by atomic mass is 32.1. The van der Waals surface area contributed by atoms with Crippen molar-refractivity contribution in [3.8, 4) is 5.75 Å². The Labute approximate surface area is 143 Å². The highest BCUT2D eigenvalue weighted by Crippen LogP contribution is 2.15. The van der Waals surface area contributed by atoms with Crippen LogP contribution in [-0.2, 0) is 23.2 Å². The number of ether oxygens (including phenoxy) is 2. The van der Waals surface area contributed by atoms with Crippen LogP contribution >= 0.6 is 11.3 Å². The highest BCUT2D eigenvalue weighted by molar-refractivity contribution is 7.16. The Morgan fingerprint density at radius 3 is 2.83 bits per heavy atom. The van der Waals surface area contributed by atoms with Gasteiger partial charge in [-0.05, 0) is 29.8 Å². The zero-order chi connectivity index (χ0) is 16.9. The fraction of sp³-hybridized carbons (Fsp3) is 0.222. The molecular formula is C18H18N2O3S. The maximum atomic E-state index is 12.0. The molecule has 3 aromatic rings. The second-order valence-electron chi connectivity index (χ2n) is 5.26. The molecule has 0 bridgehead atoms. The van der Waals surface area contributed by atoms with Crippen molar-refractivity contribution < 1.29 is 14.3 Å². The molecule has 3 rings (SSSR count). The van der Waals surface area contributed by atoms with Gasteiger partial charge >= 0.3 is 0 Å². The van der Waals surface area contributed by atoms with Crippen molar-refractivity contribution in [2.24, 2.45) is 12.0 Å². The molecule has 0 aliphatic heterocycles. The molecule has 0 unspecified atom stereocenters. The van der Waals surface area contributed by atoms with E-state index in [0.29, 0.717) is 11.4 Å². The molecule has 1 heterocycles. The van der Waals surface area contributed by atoms with E-state index in [9.17, 15) is 4.79 Å². The molecule has 0 saturated heterocycles. The lowest BCUT2D eigenvalue weighted by atomic mass is 10.2. The first-order valence-corrected chi connectivity index (χ1v) is 8.32. The van der Waals surface area contributed by atoms with Gasteiger partial charge in [-0.3, -0.25) is 4.79 Å². The van der Waals surface area contributed by atoms with E-state index < -0.39 is 0 Å². The number of benzene rings is 2. The van der Waals surface area contributed by atoms with Gasteiger partial charge in [0.05, 0.1) is 23.9 Å². The lowest BCUT2D eigenvalue weighted by molar-refractivity contribution is -0.122. The topological polar surface area (TPSA) is 52.8 Å². The Hall–Kier alpha value is -2.44. The van der Waals surface area contributed by atoms with Crippen LogP contribution in [0.3, 0.4) is 0 Å². The van der Waals surface area contributed by atoms with Crippen LogP contribution in [0.4, 0.5) is 0 Å². The van der Waals surface area contributed by atoms with Gasteiger partial charge in [0, 0.05) is 7.05 Å². The van der Waals surface area contributed by atoms with Gasteiger partial charge in [-0.2, -0.15) is 4.99 Å². The van der Waals surface area contributed by atoms with Crippen LogP contribution in [0.5, 0.6) is 5.75 Å². The summed E-state index contributed by atoms with van der Waals surface area (Å²) in [6.45, 7) is 0.294. The third kappa shape index (κ3) is 3.72. The molecule has 0 N–H and O–H groups in total. The number of methoxy groups -OCH3 is 1. The minimum Gasteiger partial charge on any atom is -0.497 e. The van der Waals surface area contributed by atoms with Gasteiger partial charge < -0.3 is 14.0 Å². The predicted octanol–water partition coefficient (Wildman–Crippen LogP) is 2.89. The Morgan fingerprint density at radius 2 is 2.04 bits per heavy atom. The Kier molecular flexibility index (Phi) is 5.08. The van der Waals surface area contributed by atoms with Crippen LogP contribution < -0.4 is 9.54 Å².